The van der Waals surface area contributed by atoms with Crippen molar-refractivity contribution in [3.63, 3.8) is 0 Å². The van der Waals surface area contributed by atoms with Gasteiger partial charge < -0.3 is 0 Å². The minimum atomic E-state index is -0.369. The zero-order valence-corrected chi connectivity index (χ0v) is 23.7. The lowest BCUT2D eigenvalue weighted by atomic mass is 9.67. The fourth-order valence-corrected chi connectivity index (χ4v) is 8.70. The quantitative estimate of drug-likeness (QED) is 0.211. The number of hydrogen-bond donors (Lipinski definition) is 0. The predicted molar refractivity (Wildman–Crippen MR) is 176 cm³/mol. The van der Waals surface area contributed by atoms with Crippen LogP contribution in [0.1, 0.15) is 22.3 Å². The summed E-state index contributed by atoms with van der Waals surface area (Å²) < 4.78 is 0. The Morgan fingerprint density at radius 3 is 1.67 bits per heavy atom. The van der Waals surface area contributed by atoms with Crippen LogP contribution >= 0.6 is 11.8 Å². The van der Waals surface area contributed by atoms with E-state index in [0.717, 1.165) is 0 Å². The van der Waals surface area contributed by atoms with Crippen LogP contribution in [0.3, 0.4) is 0 Å². The molecular weight excluding hydrogens is 525 g/mol. The summed E-state index contributed by atoms with van der Waals surface area (Å²) in [5, 5.41) is 2.68. The van der Waals surface area contributed by atoms with Gasteiger partial charge in [-0.15, -0.1) is 0 Å². The molecule has 0 saturated heterocycles. The first-order valence-electron chi connectivity index (χ1n) is 14.5. The first-order chi connectivity index (χ1) is 20.8. The molecule has 196 valence electrons. The molecule has 2 aliphatic rings. The van der Waals surface area contributed by atoms with Gasteiger partial charge in [-0.2, -0.15) is 0 Å². The molecule has 0 N–H and O–H groups in total. The lowest BCUT2D eigenvalue weighted by Crippen LogP contribution is -2.28. The van der Waals surface area contributed by atoms with Crippen molar-refractivity contribution in [2.75, 3.05) is 0 Å². The Morgan fingerprint density at radius 2 is 0.929 bits per heavy atom. The van der Waals surface area contributed by atoms with Crippen molar-refractivity contribution >= 4 is 22.5 Å². The summed E-state index contributed by atoms with van der Waals surface area (Å²) in [5.74, 6) is 0. The molecule has 9 rings (SSSR count). The number of fused-ring (bicyclic) bond motifs is 5. The second-order valence-corrected chi connectivity index (χ2v) is 12.3. The Kier molecular flexibility index (Phi) is 5.15. The summed E-state index contributed by atoms with van der Waals surface area (Å²) in [6.45, 7) is 0. The van der Waals surface area contributed by atoms with Gasteiger partial charge >= 0.3 is 0 Å². The molecule has 0 saturated carbocycles. The average Bonchev–Trinajstić information content (AvgIpc) is 3.37. The highest BCUT2D eigenvalue weighted by molar-refractivity contribution is 8.00. The fraction of sp³-hybridized carbons (Fsp3) is 0.0244. The van der Waals surface area contributed by atoms with E-state index in [1.54, 1.807) is 0 Å². The molecule has 1 heteroatoms. The summed E-state index contributed by atoms with van der Waals surface area (Å²) in [6, 6.07) is 58.4. The molecule has 0 amide bonds. The van der Waals surface area contributed by atoms with Crippen LogP contribution in [-0.4, -0.2) is 0 Å². The van der Waals surface area contributed by atoms with Crippen molar-refractivity contribution in [2.45, 2.75) is 15.2 Å². The van der Waals surface area contributed by atoms with E-state index < -0.39 is 0 Å². The highest BCUT2D eigenvalue weighted by Gasteiger charge is 2.45. The third-order valence-electron chi connectivity index (χ3n) is 9.17. The maximum absolute atomic E-state index is 2.36. The van der Waals surface area contributed by atoms with Crippen LogP contribution in [0.15, 0.2) is 168 Å². The largest absolute Gasteiger partial charge is 0.0881 e. The molecule has 42 heavy (non-hydrogen) atoms. The first kappa shape index (κ1) is 23.8. The van der Waals surface area contributed by atoms with E-state index in [-0.39, 0.29) is 5.41 Å². The first-order valence-corrected chi connectivity index (χ1v) is 15.3. The SMILES string of the molecule is c1ccc(C2(c3ccc(-c4cccc5c4Sc4cccc6cccc-5c46)cc3)c3ccccc3-c3ccccc32)cc1. The number of benzene rings is 7. The van der Waals surface area contributed by atoms with Crippen LogP contribution in [0.5, 0.6) is 0 Å². The normalized spacial score (nSPS) is 13.8. The third kappa shape index (κ3) is 3.20. The smallest absolute Gasteiger partial charge is 0.0713 e. The van der Waals surface area contributed by atoms with Gasteiger partial charge in [-0.1, -0.05) is 163 Å². The van der Waals surface area contributed by atoms with Gasteiger partial charge in [-0.3, -0.25) is 0 Å². The minimum absolute atomic E-state index is 0.369. The minimum Gasteiger partial charge on any atom is -0.0881 e. The zero-order valence-electron chi connectivity index (χ0n) is 22.9. The Morgan fingerprint density at radius 1 is 0.381 bits per heavy atom. The van der Waals surface area contributed by atoms with E-state index in [0.29, 0.717) is 0 Å². The van der Waals surface area contributed by atoms with Crippen LogP contribution in [0, 0.1) is 0 Å². The van der Waals surface area contributed by atoms with E-state index in [1.807, 2.05) is 11.8 Å². The Hall–Kier alpha value is -4.85. The molecule has 0 atom stereocenters. The van der Waals surface area contributed by atoms with E-state index in [4.69, 9.17) is 0 Å². The van der Waals surface area contributed by atoms with Crippen molar-refractivity contribution in [3.8, 4) is 33.4 Å². The van der Waals surface area contributed by atoms with Gasteiger partial charge in [0.25, 0.3) is 0 Å². The van der Waals surface area contributed by atoms with Crippen LogP contribution in [-0.2, 0) is 5.41 Å². The molecule has 0 aromatic heterocycles. The molecule has 0 nitrogen and oxygen atoms in total. The van der Waals surface area contributed by atoms with Gasteiger partial charge in [0.15, 0.2) is 0 Å². The summed E-state index contributed by atoms with van der Waals surface area (Å²) in [4.78, 5) is 2.67. The van der Waals surface area contributed by atoms with Crippen LogP contribution in [0.2, 0.25) is 0 Å². The van der Waals surface area contributed by atoms with E-state index in [2.05, 4.69) is 158 Å². The number of hydrogen-bond acceptors (Lipinski definition) is 1. The molecule has 0 spiro atoms. The van der Waals surface area contributed by atoms with Crippen LogP contribution in [0.4, 0.5) is 0 Å². The van der Waals surface area contributed by atoms with Crippen molar-refractivity contribution in [1.82, 2.24) is 0 Å². The van der Waals surface area contributed by atoms with E-state index >= 15 is 0 Å². The molecule has 0 radical (unpaired) electrons. The highest BCUT2D eigenvalue weighted by atomic mass is 32.2. The predicted octanol–water partition coefficient (Wildman–Crippen LogP) is 11.0. The maximum Gasteiger partial charge on any atom is 0.0713 e. The van der Waals surface area contributed by atoms with Gasteiger partial charge in [0, 0.05) is 15.2 Å². The topological polar surface area (TPSA) is 0 Å². The molecule has 0 bridgehead atoms. The average molecular weight is 551 g/mol. The Balaban J connectivity index is 1.24. The summed E-state index contributed by atoms with van der Waals surface area (Å²) in [7, 11) is 0. The van der Waals surface area contributed by atoms with Gasteiger partial charge in [0.2, 0.25) is 0 Å². The molecule has 7 aromatic carbocycles. The zero-order chi connectivity index (χ0) is 27.7. The van der Waals surface area contributed by atoms with Crippen molar-refractivity contribution in [2.24, 2.45) is 0 Å². The van der Waals surface area contributed by atoms with Crippen molar-refractivity contribution in [3.05, 3.63) is 180 Å². The molecule has 0 fully saturated rings. The van der Waals surface area contributed by atoms with E-state index in [9.17, 15) is 0 Å². The molecule has 1 heterocycles. The Labute approximate surface area is 250 Å². The van der Waals surface area contributed by atoms with Crippen molar-refractivity contribution < 1.29 is 0 Å². The standard InChI is InChI=1S/C41H26S/c1-2-13-29(14-3-1)41(36-20-6-4-15-32(36)33-16-5-7-21-37(33)41)30-25-23-27(24-26-30)31-17-10-19-35-34-18-8-11-28-12-9-22-38(39(28)34)42-40(31)35/h1-26H. The monoisotopic (exact) mass is 550 g/mol. The third-order valence-corrected chi connectivity index (χ3v) is 10.4. The second-order valence-electron chi connectivity index (χ2n) is 11.2. The summed E-state index contributed by atoms with van der Waals surface area (Å²) >= 11 is 1.90. The van der Waals surface area contributed by atoms with E-state index in [1.165, 1.54) is 76.2 Å². The van der Waals surface area contributed by atoms with Crippen LogP contribution in [0.25, 0.3) is 44.2 Å². The van der Waals surface area contributed by atoms with Gasteiger partial charge in [-0.05, 0) is 67.1 Å². The highest BCUT2D eigenvalue weighted by Crippen LogP contribution is 2.56. The van der Waals surface area contributed by atoms with Gasteiger partial charge in [0.05, 0.1) is 5.41 Å². The molecular formula is C41H26S. The lowest BCUT2D eigenvalue weighted by molar-refractivity contribution is 0.768. The molecule has 1 aliphatic heterocycles. The van der Waals surface area contributed by atoms with Crippen molar-refractivity contribution in [1.29, 1.82) is 0 Å². The molecule has 1 aliphatic carbocycles. The van der Waals surface area contributed by atoms with Crippen LogP contribution < -0.4 is 0 Å². The maximum atomic E-state index is 2.36. The second kappa shape index (κ2) is 9.08. The number of rotatable bonds is 3. The molecule has 7 aromatic rings. The summed E-state index contributed by atoms with van der Waals surface area (Å²) in [6.07, 6.45) is 0. The Bertz CT molecular complexity index is 2100. The lowest BCUT2D eigenvalue weighted by Gasteiger charge is -2.34. The molecule has 0 unspecified atom stereocenters. The van der Waals surface area contributed by atoms with Gasteiger partial charge in [0.1, 0.15) is 0 Å². The summed E-state index contributed by atoms with van der Waals surface area (Å²) in [5.41, 5.74) is 12.8. The fourth-order valence-electron chi connectivity index (χ4n) is 7.42. The van der Waals surface area contributed by atoms with Gasteiger partial charge in [-0.25, -0.2) is 0 Å².